The lowest BCUT2D eigenvalue weighted by Crippen LogP contribution is -2.42. The summed E-state index contributed by atoms with van der Waals surface area (Å²) in [6, 6.07) is 9.68. The molecular formula is C21H22F2N2O5S. The molecule has 2 aromatic rings. The Labute approximate surface area is 179 Å². The molecule has 1 saturated heterocycles. The number of esters is 1. The zero-order valence-electron chi connectivity index (χ0n) is 16.6. The number of hydrogen-bond donors (Lipinski definition) is 1. The minimum absolute atomic E-state index is 0.0559. The van der Waals surface area contributed by atoms with Crippen LogP contribution in [0.1, 0.15) is 18.4 Å². The van der Waals surface area contributed by atoms with Crippen molar-refractivity contribution >= 4 is 21.9 Å². The van der Waals surface area contributed by atoms with Crippen LogP contribution in [0.2, 0.25) is 0 Å². The Kier molecular flexibility index (Phi) is 7.34. The van der Waals surface area contributed by atoms with Crippen LogP contribution < -0.4 is 5.32 Å². The summed E-state index contributed by atoms with van der Waals surface area (Å²) in [5, 5.41) is 2.58. The summed E-state index contributed by atoms with van der Waals surface area (Å²) in [6.45, 7) is -0.244. The summed E-state index contributed by atoms with van der Waals surface area (Å²) in [5.41, 5.74) is 0.832. The predicted octanol–water partition coefficient (Wildman–Crippen LogP) is 2.02. The maximum Gasteiger partial charge on any atom is 0.324 e. The zero-order valence-corrected chi connectivity index (χ0v) is 17.4. The molecule has 0 spiro atoms. The van der Waals surface area contributed by atoms with Gasteiger partial charge in [0.05, 0.1) is 0 Å². The van der Waals surface area contributed by atoms with E-state index >= 15 is 0 Å². The molecule has 1 fully saturated rings. The van der Waals surface area contributed by atoms with Crippen LogP contribution in [-0.4, -0.2) is 50.3 Å². The highest BCUT2D eigenvalue weighted by Gasteiger charge is 2.41. The average molecular weight is 452 g/mol. The topological polar surface area (TPSA) is 92.8 Å². The lowest BCUT2D eigenvalue weighted by molar-refractivity contribution is -0.151. The van der Waals surface area contributed by atoms with Crippen molar-refractivity contribution in [3.8, 4) is 0 Å². The first kappa shape index (κ1) is 22.8. The van der Waals surface area contributed by atoms with Gasteiger partial charge in [-0.2, -0.15) is 4.31 Å². The Bertz CT molecular complexity index is 1040. The van der Waals surface area contributed by atoms with E-state index in [4.69, 9.17) is 4.74 Å². The van der Waals surface area contributed by atoms with Crippen LogP contribution in [0.25, 0.3) is 0 Å². The molecule has 0 saturated carbocycles. The summed E-state index contributed by atoms with van der Waals surface area (Å²) in [5.74, 6) is -2.65. The van der Waals surface area contributed by atoms with Crippen LogP contribution in [0.3, 0.4) is 0 Å². The summed E-state index contributed by atoms with van der Waals surface area (Å²) in [7, 11) is -4.22. The lowest BCUT2D eigenvalue weighted by atomic mass is 10.1. The molecule has 1 heterocycles. The van der Waals surface area contributed by atoms with Gasteiger partial charge in [-0.15, -0.1) is 0 Å². The third-order valence-corrected chi connectivity index (χ3v) is 6.84. The molecule has 1 aliphatic heterocycles. The predicted molar refractivity (Wildman–Crippen MR) is 107 cm³/mol. The van der Waals surface area contributed by atoms with Gasteiger partial charge in [0, 0.05) is 13.1 Å². The van der Waals surface area contributed by atoms with Crippen molar-refractivity contribution in [2.45, 2.75) is 30.2 Å². The van der Waals surface area contributed by atoms with Gasteiger partial charge in [-0.3, -0.25) is 9.59 Å². The molecule has 0 unspecified atom stereocenters. The monoisotopic (exact) mass is 452 g/mol. The second-order valence-corrected chi connectivity index (χ2v) is 8.90. The molecule has 7 nitrogen and oxygen atoms in total. The normalized spacial score (nSPS) is 16.8. The smallest absolute Gasteiger partial charge is 0.324 e. The van der Waals surface area contributed by atoms with Crippen molar-refractivity contribution in [3.63, 3.8) is 0 Å². The van der Waals surface area contributed by atoms with Crippen molar-refractivity contribution in [2.75, 3.05) is 19.7 Å². The first-order valence-corrected chi connectivity index (χ1v) is 11.2. The van der Waals surface area contributed by atoms with Gasteiger partial charge >= 0.3 is 5.97 Å². The Morgan fingerprint density at radius 1 is 1.10 bits per heavy atom. The fourth-order valence-electron chi connectivity index (χ4n) is 3.32. The maximum atomic E-state index is 14.0. The van der Waals surface area contributed by atoms with Crippen molar-refractivity contribution in [2.24, 2.45) is 0 Å². The largest absolute Gasteiger partial charge is 0.454 e. The molecule has 31 heavy (non-hydrogen) atoms. The van der Waals surface area contributed by atoms with Crippen LogP contribution in [0.5, 0.6) is 0 Å². The number of ether oxygens (including phenoxy) is 1. The molecule has 1 N–H and O–H groups in total. The molecule has 1 amide bonds. The number of halogens is 2. The van der Waals surface area contributed by atoms with Crippen molar-refractivity contribution < 1.29 is 31.5 Å². The number of sulfonamides is 1. The first-order valence-electron chi connectivity index (χ1n) is 9.73. The Morgan fingerprint density at radius 3 is 2.52 bits per heavy atom. The van der Waals surface area contributed by atoms with E-state index in [9.17, 15) is 26.8 Å². The molecule has 10 heteroatoms. The Hall–Kier alpha value is -2.85. The summed E-state index contributed by atoms with van der Waals surface area (Å²) >= 11 is 0. The molecule has 0 radical (unpaired) electrons. The van der Waals surface area contributed by atoms with Gasteiger partial charge in [0.1, 0.15) is 22.6 Å². The molecule has 166 valence electrons. The minimum Gasteiger partial charge on any atom is -0.454 e. The van der Waals surface area contributed by atoms with Gasteiger partial charge in [0.25, 0.3) is 5.91 Å². The Morgan fingerprint density at radius 2 is 1.81 bits per heavy atom. The number of hydrogen-bond acceptors (Lipinski definition) is 5. The lowest BCUT2D eigenvalue weighted by Gasteiger charge is -2.22. The summed E-state index contributed by atoms with van der Waals surface area (Å²) < 4.78 is 58.3. The van der Waals surface area contributed by atoms with Crippen LogP contribution in [-0.2, 0) is 30.8 Å². The first-order chi connectivity index (χ1) is 14.8. The third-order valence-electron chi connectivity index (χ3n) is 4.89. The Balaban J connectivity index is 1.52. The number of benzene rings is 2. The molecule has 1 atom stereocenters. The quantitative estimate of drug-likeness (QED) is 0.619. The number of rotatable bonds is 8. The van der Waals surface area contributed by atoms with Gasteiger partial charge < -0.3 is 10.1 Å². The van der Waals surface area contributed by atoms with E-state index in [0.717, 1.165) is 22.0 Å². The highest BCUT2D eigenvalue weighted by Crippen LogP contribution is 2.28. The fourth-order valence-corrected chi connectivity index (χ4v) is 5.04. The fraction of sp³-hybridized carbons (Fsp3) is 0.333. The highest BCUT2D eigenvalue weighted by molar-refractivity contribution is 7.89. The number of carbonyl (C=O) groups is 2. The van der Waals surface area contributed by atoms with Gasteiger partial charge in [-0.1, -0.05) is 24.3 Å². The molecule has 1 aliphatic rings. The number of nitrogens with one attached hydrogen (secondary N) is 1. The van der Waals surface area contributed by atoms with Gasteiger partial charge in [-0.25, -0.2) is 17.2 Å². The molecular weight excluding hydrogens is 430 g/mol. The molecule has 2 aromatic carbocycles. The molecule has 0 bridgehead atoms. The zero-order chi connectivity index (χ0) is 22.4. The van der Waals surface area contributed by atoms with E-state index < -0.39 is 45.3 Å². The number of carbonyl (C=O) groups excluding carboxylic acids is 2. The van der Waals surface area contributed by atoms with Crippen molar-refractivity contribution in [1.82, 2.24) is 9.62 Å². The second-order valence-electron chi connectivity index (χ2n) is 7.04. The van der Waals surface area contributed by atoms with E-state index in [0.29, 0.717) is 12.8 Å². The summed E-state index contributed by atoms with van der Waals surface area (Å²) in [4.78, 5) is 23.8. The van der Waals surface area contributed by atoms with E-state index in [1.807, 2.05) is 0 Å². The standard InChI is InChI=1S/C21H22F2N2O5S/c22-16-9-7-15(8-10-16)11-12-24-20(26)14-30-21(27)18-5-3-13-25(18)31(28,29)19-6-2-1-4-17(19)23/h1-2,4,6-10,18H,3,5,11-14H2,(H,24,26)/t18-/m0/s1. The van der Waals surface area contributed by atoms with Gasteiger partial charge in [-0.05, 0) is 49.1 Å². The summed E-state index contributed by atoms with van der Waals surface area (Å²) in [6.07, 6.45) is 1.10. The maximum absolute atomic E-state index is 14.0. The van der Waals surface area contributed by atoms with Crippen molar-refractivity contribution in [3.05, 3.63) is 65.7 Å². The average Bonchev–Trinajstić information content (AvgIpc) is 3.25. The number of amides is 1. The number of nitrogens with zero attached hydrogens (tertiary/aromatic N) is 1. The van der Waals surface area contributed by atoms with Crippen LogP contribution in [0.15, 0.2) is 53.4 Å². The second kappa shape index (κ2) is 9.97. The van der Waals surface area contributed by atoms with Crippen LogP contribution in [0, 0.1) is 11.6 Å². The van der Waals surface area contributed by atoms with E-state index in [2.05, 4.69) is 5.32 Å². The van der Waals surface area contributed by atoms with Crippen molar-refractivity contribution in [1.29, 1.82) is 0 Å². The highest BCUT2D eigenvalue weighted by atomic mass is 32.2. The van der Waals surface area contributed by atoms with Crippen LogP contribution in [0.4, 0.5) is 8.78 Å². The van der Waals surface area contributed by atoms with E-state index in [1.54, 1.807) is 12.1 Å². The molecule has 0 aromatic heterocycles. The van der Waals surface area contributed by atoms with E-state index in [1.165, 1.54) is 24.3 Å². The van der Waals surface area contributed by atoms with Gasteiger partial charge in [0.2, 0.25) is 10.0 Å². The van der Waals surface area contributed by atoms with Gasteiger partial charge in [0.15, 0.2) is 6.61 Å². The van der Waals surface area contributed by atoms with E-state index in [-0.39, 0.29) is 25.3 Å². The van der Waals surface area contributed by atoms with Crippen LogP contribution >= 0.6 is 0 Å². The third kappa shape index (κ3) is 5.65. The SMILES string of the molecule is O=C(COC(=O)[C@@H]1CCCN1S(=O)(=O)c1ccccc1F)NCCc1ccc(F)cc1. The molecule has 0 aliphatic carbocycles. The molecule has 3 rings (SSSR count). The minimum atomic E-state index is -4.22.